The Morgan fingerprint density at radius 1 is 1.50 bits per heavy atom. The van der Waals surface area contributed by atoms with Gasteiger partial charge in [-0.05, 0) is 24.1 Å². The van der Waals surface area contributed by atoms with Gasteiger partial charge in [-0.1, -0.05) is 30.7 Å². The molecule has 1 aromatic rings. The number of hydrogen-bond donors (Lipinski definition) is 1. The van der Waals surface area contributed by atoms with Crippen molar-refractivity contribution in [3.63, 3.8) is 0 Å². The molecular weight excluding hydrogens is 224 g/mol. The molecule has 1 atom stereocenters. The summed E-state index contributed by atoms with van der Waals surface area (Å²) < 4.78 is 0. The smallest absolute Gasteiger partial charge is 0.250 e. The molecule has 1 aromatic carbocycles. The molecule has 0 aromatic heterocycles. The van der Waals surface area contributed by atoms with Gasteiger partial charge in [0, 0.05) is 11.4 Å². The van der Waals surface area contributed by atoms with Crippen LogP contribution < -0.4 is 5.32 Å². The van der Waals surface area contributed by atoms with Crippen LogP contribution in [0.2, 0.25) is 5.02 Å². The molecule has 84 valence electrons. The first kappa shape index (κ1) is 11.1. The van der Waals surface area contributed by atoms with Crippen molar-refractivity contribution in [1.82, 2.24) is 5.32 Å². The summed E-state index contributed by atoms with van der Waals surface area (Å²) in [4.78, 5) is 15.7. The minimum Gasteiger partial charge on any atom is -0.312 e. The lowest BCUT2D eigenvalue weighted by molar-refractivity contribution is -0.120. The lowest BCUT2D eigenvalue weighted by Crippen LogP contribution is -2.29. The minimum absolute atomic E-state index is 0.000437. The molecule has 2 rings (SSSR count). The first-order chi connectivity index (χ1) is 7.69. The third-order valence-corrected chi connectivity index (χ3v) is 2.76. The standard InChI is InChI=1S/C12H13ClN2O/c1-2-10-12(16)15-11(14-10)7-8-4-3-5-9(13)6-8/h3-6,10H,2,7H2,1H3,(H,14,15,16). The van der Waals surface area contributed by atoms with Crippen LogP contribution in [0.5, 0.6) is 0 Å². The lowest BCUT2D eigenvalue weighted by Gasteiger charge is -2.01. The molecule has 3 nitrogen and oxygen atoms in total. The van der Waals surface area contributed by atoms with Gasteiger partial charge in [-0.3, -0.25) is 9.79 Å². The number of carbonyl (C=O) groups is 1. The number of amides is 1. The Kier molecular flexibility index (Phi) is 3.25. The predicted octanol–water partition coefficient (Wildman–Crippen LogP) is 2.19. The maximum Gasteiger partial charge on any atom is 0.250 e. The minimum atomic E-state index is -0.214. The normalized spacial score (nSPS) is 19.5. The zero-order valence-electron chi connectivity index (χ0n) is 9.03. The summed E-state index contributed by atoms with van der Waals surface area (Å²) in [6.45, 7) is 1.95. The van der Waals surface area contributed by atoms with Gasteiger partial charge in [-0.2, -0.15) is 0 Å². The van der Waals surface area contributed by atoms with Crippen molar-refractivity contribution in [1.29, 1.82) is 0 Å². The topological polar surface area (TPSA) is 41.5 Å². The molecule has 1 N–H and O–H groups in total. The van der Waals surface area contributed by atoms with Crippen molar-refractivity contribution in [3.8, 4) is 0 Å². The van der Waals surface area contributed by atoms with E-state index < -0.39 is 0 Å². The summed E-state index contributed by atoms with van der Waals surface area (Å²) in [7, 11) is 0. The molecule has 0 saturated heterocycles. The van der Waals surface area contributed by atoms with E-state index in [9.17, 15) is 4.79 Å². The molecule has 16 heavy (non-hydrogen) atoms. The van der Waals surface area contributed by atoms with E-state index in [2.05, 4.69) is 10.3 Å². The summed E-state index contributed by atoms with van der Waals surface area (Å²) in [5, 5.41) is 3.49. The second kappa shape index (κ2) is 4.66. The molecule has 1 amide bonds. The van der Waals surface area contributed by atoms with E-state index in [1.807, 2.05) is 31.2 Å². The highest BCUT2D eigenvalue weighted by Crippen LogP contribution is 2.13. The average molecular weight is 237 g/mol. The van der Waals surface area contributed by atoms with Crippen LogP contribution in [0.25, 0.3) is 0 Å². The van der Waals surface area contributed by atoms with Gasteiger partial charge in [0.2, 0.25) is 5.91 Å². The van der Waals surface area contributed by atoms with Crippen molar-refractivity contribution in [3.05, 3.63) is 34.9 Å². The molecule has 1 aliphatic heterocycles. The maximum absolute atomic E-state index is 11.4. The molecule has 1 aliphatic rings. The molecule has 1 unspecified atom stereocenters. The summed E-state index contributed by atoms with van der Waals surface area (Å²) in [6, 6.07) is 7.37. The first-order valence-corrected chi connectivity index (χ1v) is 5.69. The van der Waals surface area contributed by atoms with Crippen LogP contribution in [-0.4, -0.2) is 17.8 Å². The van der Waals surface area contributed by atoms with Crippen molar-refractivity contribution in [2.24, 2.45) is 4.99 Å². The fourth-order valence-corrected chi connectivity index (χ4v) is 1.92. The maximum atomic E-state index is 11.4. The van der Waals surface area contributed by atoms with Gasteiger partial charge in [-0.25, -0.2) is 0 Å². The quantitative estimate of drug-likeness (QED) is 0.859. The Balaban J connectivity index is 2.09. The molecule has 0 radical (unpaired) electrons. The molecule has 0 bridgehead atoms. The van der Waals surface area contributed by atoms with Crippen LogP contribution in [0.1, 0.15) is 18.9 Å². The summed E-state index contributed by atoms with van der Waals surface area (Å²) in [5.74, 6) is 0.735. The number of rotatable bonds is 3. The van der Waals surface area contributed by atoms with Gasteiger partial charge in [-0.15, -0.1) is 0 Å². The van der Waals surface area contributed by atoms with Crippen molar-refractivity contribution in [2.45, 2.75) is 25.8 Å². The van der Waals surface area contributed by atoms with E-state index in [4.69, 9.17) is 11.6 Å². The third kappa shape index (κ3) is 2.42. The predicted molar refractivity (Wildman–Crippen MR) is 64.8 cm³/mol. The van der Waals surface area contributed by atoms with E-state index in [0.29, 0.717) is 11.4 Å². The Bertz CT molecular complexity index is 442. The number of halogens is 1. The largest absolute Gasteiger partial charge is 0.312 e. The van der Waals surface area contributed by atoms with Crippen LogP contribution in [-0.2, 0) is 11.2 Å². The Morgan fingerprint density at radius 2 is 2.31 bits per heavy atom. The van der Waals surface area contributed by atoms with Crippen LogP contribution >= 0.6 is 11.6 Å². The second-order valence-electron chi connectivity index (χ2n) is 3.80. The number of carbonyl (C=O) groups excluding carboxylic acids is 1. The summed E-state index contributed by atoms with van der Waals surface area (Å²) >= 11 is 5.89. The second-order valence-corrected chi connectivity index (χ2v) is 4.23. The number of aliphatic imine (C=N–C) groups is 1. The number of nitrogens with zero attached hydrogens (tertiary/aromatic N) is 1. The van der Waals surface area contributed by atoms with E-state index >= 15 is 0 Å². The monoisotopic (exact) mass is 236 g/mol. The Labute approximate surface area is 99.5 Å². The van der Waals surface area contributed by atoms with Crippen LogP contribution in [0.15, 0.2) is 29.3 Å². The molecule has 0 saturated carbocycles. The SMILES string of the molecule is CCC1N=C(Cc2cccc(Cl)c2)NC1=O. The zero-order chi connectivity index (χ0) is 11.5. The lowest BCUT2D eigenvalue weighted by atomic mass is 10.1. The average Bonchev–Trinajstić information content (AvgIpc) is 2.58. The highest BCUT2D eigenvalue weighted by Gasteiger charge is 2.23. The van der Waals surface area contributed by atoms with Crippen molar-refractivity contribution < 1.29 is 4.79 Å². The van der Waals surface area contributed by atoms with Crippen LogP contribution in [0, 0.1) is 0 Å². The van der Waals surface area contributed by atoms with E-state index in [0.717, 1.165) is 17.8 Å². The molecule has 0 aliphatic carbocycles. The molecule has 4 heteroatoms. The van der Waals surface area contributed by atoms with Gasteiger partial charge in [0.25, 0.3) is 0 Å². The molecule has 0 spiro atoms. The van der Waals surface area contributed by atoms with Gasteiger partial charge in [0.05, 0.1) is 0 Å². The Morgan fingerprint density at radius 3 is 2.94 bits per heavy atom. The van der Waals surface area contributed by atoms with E-state index in [1.54, 1.807) is 0 Å². The number of hydrogen-bond acceptors (Lipinski definition) is 2. The summed E-state index contributed by atoms with van der Waals surface area (Å²) in [5.41, 5.74) is 1.06. The molecule has 1 heterocycles. The molecule has 0 fully saturated rings. The van der Waals surface area contributed by atoms with Crippen molar-refractivity contribution >= 4 is 23.3 Å². The molecular formula is C12H13ClN2O. The van der Waals surface area contributed by atoms with E-state index in [1.165, 1.54) is 0 Å². The Hall–Kier alpha value is -1.35. The number of nitrogens with one attached hydrogen (secondary N) is 1. The fraction of sp³-hybridized carbons (Fsp3) is 0.333. The highest BCUT2D eigenvalue weighted by atomic mass is 35.5. The third-order valence-electron chi connectivity index (χ3n) is 2.53. The van der Waals surface area contributed by atoms with Gasteiger partial charge in [0.1, 0.15) is 11.9 Å². The van der Waals surface area contributed by atoms with Gasteiger partial charge < -0.3 is 5.32 Å². The first-order valence-electron chi connectivity index (χ1n) is 5.31. The summed E-state index contributed by atoms with van der Waals surface area (Å²) in [6.07, 6.45) is 1.37. The van der Waals surface area contributed by atoms with Gasteiger partial charge >= 0.3 is 0 Å². The van der Waals surface area contributed by atoms with E-state index in [-0.39, 0.29) is 11.9 Å². The van der Waals surface area contributed by atoms with Gasteiger partial charge in [0.15, 0.2) is 0 Å². The number of benzene rings is 1. The van der Waals surface area contributed by atoms with Crippen molar-refractivity contribution in [2.75, 3.05) is 0 Å². The van der Waals surface area contributed by atoms with Crippen LogP contribution in [0.3, 0.4) is 0 Å². The zero-order valence-corrected chi connectivity index (χ0v) is 9.79. The fourth-order valence-electron chi connectivity index (χ4n) is 1.71. The highest BCUT2D eigenvalue weighted by molar-refractivity contribution is 6.30. The number of amidine groups is 1. The van der Waals surface area contributed by atoms with Crippen LogP contribution in [0.4, 0.5) is 0 Å².